The Kier molecular flexibility index (Phi) is 3.68. The van der Waals surface area contributed by atoms with Gasteiger partial charge in [-0.3, -0.25) is 4.79 Å². The van der Waals surface area contributed by atoms with E-state index in [2.05, 4.69) is 45.9 Å². The summed E-state index contributed by atoms with van der Waals surface area (Å²) in [7, 11) is 0. The van der Waals surface area contributed by atoms with E-state index in [9.17, 15) is 4.79 Å². The summed E-state index contributed by atoms with van der Waals surface area (Å²) in [6.07, 6.45) is 1.49. The molecule has 1 heterocycles. The van der Waals surface area contributed by atoms with E-state index in [-0.39, 0.29) is 17.4 Å². The molecule has 1 fully saturated rings. The van der Waals surface area contributed by atoms with Crippen molar-refractivity contribution >= 4 is 11.6 Å². The van der Waals surface area contributed by atoms with Gasteiger partial charge in [-0.25, -0.2) is 0 Å². The molecule has 1 aromatic rings. The van der Waals surface area contributed by atoms with Gasteiger partial charge in [-0.2, -0.15) is 0 Å². The summed E-state index contributed by atoms with van der Waals surface area (Å²) in [5.74, 6) is 0.425. The smallest absolute Gasteiger partial charge is 0.227 e. The predicted octanol–water partition coefficient (Wildman–Crippen LogP) is 2.65. The average molecular weight is 260 g/mol. The molecule has 1 unspecified atom stereocenters. The van der Waals surface area contributed by atoms with Gasteiger partial charge in [0.1, 0.15) is 0 Å². The number of benzene rings is 1. The maximum atomic E-state index is 12.5. The number of hydrogen-bond donors (Lipinski definition) is 1. The fourth-order valence-electron chi connectivity index (χ4n) is 3.17. The Morgan fingerprint density at radius 3 is 2.63 bits per heavy atom. The highest BCUT2D eigenvalue weighted by Crippen LogP contribution is 2.41. The van der Waals surface area contributed by atoms with Gasteiger partial charge in [0, 0.05) is 17.9 Å². The Morgan fingerprint density at radius 2 is 2.11 bits per heavy atom. The summed E-state index contributed by atoms with van der Waals surface area (Å²) >= 11 is 0. The number of anilines is 1. The zero-order valence-corrected chi connectivity index (χ0v) is 12.4. The minimum atomic E-state index is -0.206. The van der Waals surface area contributed by atoms with Gasteiger partial charge in [-0.05, 0) is 44.9 Å². The van der Waals surface area contributed by atoms with E-state index in [1.165, 1.54) is 11.1 Å². The third kappa shape index (κ3) is 2.16. The Balaban J connectivity index is 2.55. The number of nitrogens with two attached hydrogens (primary N) is 1. The lowest BCUT2D eigenvalue weighted by Crippen LogP contribution is -2.46. The fraction of sp³-hybridized carbons (Fsp3) is 0.562. The van der Waals surface area contributed by atoms with Crippen molar-refractivity contribution in [2.45, 2.75) is 46.1 Å². The third-order valence-electron chi connectivity index (χ3n) is 4.46. The summed E-state index contributed by atoms with van der Waals surface area (Å²) in [5.41, 5.74) is 9.13. The van der Waals surface area contributed by atoms with Crippen molar-refractivity contribution in [3.63, 3.8) is 0 Å². The fourth-order valence-corrected chi connectivity index (χ4v) is 3.17. The molecular formula is C16H24N2O. The molecule has 1 aromatic carbocycles. The van der Waals surface area contributed by atoms with E-state index in [4.69, 9.17) is 5.73 Å². The van der Waals surface area contributed by atoms with E-state index in [1.54, 1.807) is 0 Å². The largest absolute Gasteiger partial charge is 0.330 e. The van der Waals surface area contributed by atoms with Gasteiger partial charge in [0.25, 0.3) is 0 Å². The van der Waals surface area contributed by atoms with Crippen LogP contribution in [0.5, 0.6) is 0 Å². The lowest BCUT2D eigenvalue weighted by molar-refractivity contribution is -0.117. The normalized spacial score (nSPS) is 22.1. The van der Waals surface area contributed by atoms with Gasteiger partial charge in [0.15, 0.2) is 0 Å². The molecular weight excluding hydrogens is 236 g/mol. The highest BCUT2D eigenvalue weighted by molar-refractivity contribution is 5.99. The summed E-state index contributed by atoms with van der Waals surface area (Å²) in [6, 6.07) is 6.25. The van der Waals surface area contributed by atoms with Gasteiger partial charge in [0.05, 0.1) is 5.69 Å². The van der Waals surface area contributed by atoms with Crippen LogP contribution in [-0.2, 0) is 11.2 Å². The molecule has 3 heteroatoms. The third-order valence-corrected chi connectivity index (χ3v) is 4.46. The number of carbonyl (C=O) groups excluding carboxylic acids is 1. The van der Waals surface area contributed by atoms with Crippen LogP contribution in [0, 0.1) is 12.8 Å². The van der Waals surface area contributed by atoms with Crippen molar-refractivity contribution in [3.8, 4) is 0 Å². The van der Waals surface area contributed by atoms with E-state index in [0.717, 1.165) is 12.1 Å². The van der Waals surface area contributed by atoms with E-state index < -0.39 is 0 Å². The van der Waals surface area contributed by atoms with E-state index >= 15 is 0 Å². The summed E-state index contributed by atoms with van der Waals surface area (Å²) in [6.45, 7) is 9.02. The number of rotatable bonds is 3. The maximum Gasteiger partial charge on any atom is 0.227 e. The Labute approximate surface area is 115 Å². The van der Waals surface area contributed by atoms with E-state index in [0.29, 0.717) is 13.0 Å². The van der Waals surface area contributed by atoms with Gasteiger partial charge in [0.2, 0.25) is 5.91 Å². The number of amides is 1. The quantitative estimate of drug-likeness (QED) is 0.908. The standard InChI is InChI=1S/C16H24N2O/c1-5-12-8-6-7-11(2)15(12)18-14(19)9-13(10-17)16(18,3)4/h6-8,13H,5,9-10,17H2,1-4H3. The summed E-state index contributed by atoms with van der Waals surface area (Å²) in [5, 5.41) is 0. The maximum absolute atomic E-state index is 12.5. The molecule has 3 nitrogen and oxygen atoms in total. The van der Waals surface area contributed by atoms with Gasteiger partial charge in [-0.15, -0.1) is 0 Å². The molecule has 1 amide bonds. The number of carbonyl (C=O) groups is 1. The van der Waals surface area contributed by atoms with Crippen molar-refractivity contribution in [2.24, 2.45) is 11.7 Å². The van der Waals surface area contributed by atoms with Crippen molar-refractivity contribution in [3.05, 3.63) is 29.3 Å². The first-order chi connectivity index (χ1) is 8.93. The first kappa shape index (κ1) is 14.1. The molecule has 0 radical (unpaired) electrons. The topological polar surface area (TPSA) is 46.3 Å². The van der Waals surface area contributed by atoms with Crippen molar-refractivity contribution in [1.82, 2.24) is 0 Å². The van der Waals surface area contributed by atoms with Crippen LogP contribution >= 0.6 is 0 Å². The SMILES string of the molecule is CCc1cccc(C)c1N1C(=O)CC(CN)C1(C)C. The summed E-state index contributed by atoms with van der Waals surface area (Å²) < 4.78 is 0. The molecule has 0 spiro atoms. The summed E-state index contributed by atoms with van der Waals surface area (Å²) in [4.78, 5) is 14.4. The second-order valence-corrected chi connectivity index (χ2v) is 5.96. The molecule has 19 heavy (non-hydrogen) atoms. The lowest BCUT2D eigenvalue weighted by atomic mass is 9.87. The first-order valence-corrected chi connectivity index (χ1v) is 7.05. The molecule has 1 atom stereocenters. The van der Waals surface area contributed by atoms with Crippen molar-refractivity contribution in [2.75, 3.05) is 11.4 Å². The number of nitrogens with zero attached hydrogens (tertiary/aromatic N) is 1. The predicted molar refractivity (Wildman–Crippen MR) is 79.3 cm³/mol. The molecule has 0 bridgehead atoms. The minimum Gasteiger partial charge on any atom is -0.330 e. The van der Waals surface area contributed by atoms with Gasteiger partial charge in [-0.1, -0.05) is 25.1 Å². The zero-order chi connectivity index (χ0) is 14.2. The van der Waals surface area contributed by atoms with Crippen LogP contribution in [0.3, 0.4) is 0 Å². The average Bonchev–Trinajstić information content (AvgIpc) is 2.59. The molecule has 1 saturated heterocycles. The molecule has 1 aliphatic heterocycles. The van der Waals surface area contributed by atoms with Crippen LogP contribution in [0.15, 0.2) is 18.2 Å². The van der Waals surface area contributed by atoms with Crippen LogP contribution in [0.25, 0.3) is 0 Å². The second kappa shape index (κ2) is 4.97. The van der Waals surface area contributed by atoms with Crippen LogP contribution in [-0.4, -0.2) is 18.0 Å². The molecule has 2 rings (SSSR count). The number of aryl methyl sites for hydroxylation is 2. The highest BCUT2D eigenvalue weighted by Gasteiger charge is 2.46. The Bertz CT molecular complexity index is 494. The van der Waals surface area contributed by atoms with Gasteiger partial charge < -0.3 is 10.6 Å². The van der Waals surface area contributed by atoms with Crippen molar-refractivity contribution < 1.29 is 4.79 Å². The molecule has 2 N–H and O–H groups in total. The van der Waals surface area contributed by atoms with Crippen LogP contribution in [0.4, 0.5) is 5.69 Å². The molecule has 1 aliphatic rings. The Hall–Kier alpha value is -1.35. The van der Waals surface area contributed by atoms with Crippen LogP contribution in [0.2, 0.25) is 0 Å². The molecule has 0 aromatic heterocycles. The molecule has 104 valence electrons. The monoisotopic (exact) mass is 260 g/mol. The second-order valence-electron chi connectivity index (χ2n) is 5.96. The van der Waals surface area contributed by atoms with E-state index in [1.807, 2.05) is 4.90 Å². The van der Waals surface area contributed by atoms with Crippen LogP contribution in [0.1, 0.15) is 38.3 Å². The minimum absolute atomic E-state index is 0.199. The molecule has 0 saturated carbocycles. The Morgan fingerprint density at radius 1 is 1.42 bits per heavy atom. The zero-order valence-electron chi connectivity index (χ0n) is 12.4. The van der Waals surface area contributed by atoms with Gasteiger partial charge >= 0.3 is 0 Å². The number of para-hydroxylation sites is 1. The van der Waals surface area contributed by atoms with Crippen molar-refractivity contribution in [1.29, 1.82) is 0 Å². The highest BCUT2D eigenvalue weighted by atomic mass is 16.2. The number of hydrogen-bond acceptors (Lipinski definition) is 2. The molecule has 0 aliphatic carbocycles. The van der Waals surface area contributed by atoms with Crippen LogP contribution < -0.4 is 10.6 Å². The lowest BCUT2D eigenvalue weighted by Gasteiger charge is -2.37. The first-order valence-electron chi connectivity index (χ1n) is 7.05.